The van der Waals surface area contributed by atoms with Gasteiger partial charge in [0.25, 0.3) is 0 Å². The van der Waals surface area contributed by atoms with Gasteiger partial charge in [-0.05, 0) is 32.1 Å². The van der Waals surface area contributed by atoms with Gasteiger partial charge in [0.15, 0.2) is 0 Å². The first kappa shape index (κ1) is 10.1. The third-order valence-corrected chi connectivity index (χ3v) is 0.894. The van der Waals surface area contributed by atoms with E-state index in [-0.39, 0.29) is 0 Å². The van der Waals surface area contributed by atoms with E-state index in [1.54, 1.807) is 13.8 Å². The van der Waals surface area contributed by atoms with Crippen LogP contribution in [0.5, 0.6) is 0 Å². The molecule has 0 saturated heterocycles. The van der Waals surface area contributed by atoms with Gasteiger partial charge in [-0.3, -0.25) is 0 Å². The second-order valence-electron chi connectivity index (χ2n) is 2.86. The molecule has 0 atom stereocenters. The van der Waals surface area contributed by atoms with Crippen molar-refractivity contribution >= 4 is 0 Å². The fourth-order valence-corrected chi connectivity index (χ4v) is 0.416. The summed E-state index contributed by atoms with van der Waals surface area (Å²) in [4.78, 5) is 0. The second-order valence-corrected chi connectivity index (χ2v) is 2.86. The van der Waals surface area contributed by atoms with E-state index in [0.717, 1.165) is 12.8 Å². The molecule has 0 aliphatic carbocycles. The van der Waals surface area contributed by atoms with Gasteiger partial charge in [0, 0.05) is 6.42 Å². The Morgan fingerprint density at radius 2 is 1.91 bits per heavy atom. The second kappa shape index (κ2) is 4.83. The average Bonchev–Trinajstić information content (AvgIpc) is 1.85. The van der Waals surface area contributed by atoms with E-state index in [1.807, 2.05) is 0 Å². The zero-order valence-electron chi connectivity index (χ0n) is 7.36. The van der Waals surface area contributed by atoms with Crippen molar-refractivity contribution < 1.29 is 5.11 Å². The summed E-state index contributed by atoms with van der Waals surface area (Å²) in [6.07, 6.45) is 1.93. The molecule has 1 nitrogen and oxygen atoms in total. The lowest BCUT2D eigenvalue weighted by atomic mass is 10.1. The molecule has 0 fully saturated rings. The van der Waals surface area contributed by atoms with Gasteiger partial charge >= 0.3 is 0 Å². The Balaban J connectivity index is 3.84. The molecule has 0 bridgehead atoms. The smallest absolute Gasteiger partial charge is 0.120 e. The molecule has 0 aromatic rings. The van der Waals surface area contributed by atoms with E-state index < -0.39 is 5.60 Å². The predicted molar refractivity (Wildman–Crippen MR) is 46.8 cm³/mol. The molecule has 0 unspecified atom stereocenters. The van der Waals surface area contributed by atoms with Gasteiger partial charge < -0.3 is 5.11 Å². The molecular weight excluding hydrogens is 136 g/mol. The first-order chi connectivity index (χ1) is 5.06. The van der Waals surface area contributed by atoms with Crippen LogP contribution in [0, 0.1) is 23.7 Å². The van der Waals surface area contributed by atoms with Gasteiger partial charge in [-0.2, -0.15) is 0 Å². The Morgan fingerprint density at radius 3 is 2.36 bits per heavy atom. The quantitative estimate of drug-likeness (QED) is 0.562. The van der Waals surface area contributed by atoms with E-state index >= 15 is 0 Å². The molecule has 1 N–H and O–H groups in total. The number of rotatable bonds is 1. The van der Waals surface area contributed by atoms with E-state index in [4.69, 9.17) is 5.11 Å². The zero-order chi connectivity index (χ0) is 8.74. The fraction of sp³-hybridized carbons (Fsp3) is 0.600. The lowest BCUT2D eigenvalue weighted by Gasteiger charge is -2.04. The summed E-state index contributed by atoms with van der Waals surface area (Å²) in [6, 6.07) is 0. The van der Waals surface area contributed by atoms with Crippen LogP contribution >= 0.6 is 0 Å². The lowest BCUT2D eigenvalue weighted by molar-refractivity contribution is 0.143. The minimum absolute atomic E-state index is 0.876. The predicted octanol–water partition coefficient (Wildman–Crippen LogP) is 1.56. The maximum atomic E-state index is 9.13. The highest BCUT2D eigenvalue weighted by Gasteiger charge is 2.04. The van der Waals surface area contributed by atoms with Crippen LogP contribution in [0.2, 0.25) is 0 Å². The number of unbranched alkanes of at least 4 members (excludes halogenated alkanes) is 1. The van der Waals surface area contributed by atoms with Crippen molar-refractivity contribution in [2.24, 2.45) is 0 Å². The molecule has 0 spiro atoms. The van der Waals surface area contributed by atoms with Crippen molar-refractivity contribution in [2.75, 3.05) is 0 Å². The van der Waals surface area contributed by atoms with E-state index in [1.165, 1.54) is 0 Å². The van der Waals surface area contributed by atoms with Gasteiger partial charge in [-0.15, -0.1) is 0 Å². The Kier molecular flexibility index (Phi) is 4.42. The van der Waals surface area contributed by atoms with Gasteiger partial charge in [0.1, 0.15) is 5.60 Å². The summed E-state index contributed by atoms with van der Waals surface area (Å²) in [5.74, 6) is 10.8. The first-order valence-electron chi connectivity index (χ1n) is 3.78. The van der Waals surface area contributed by atoms with Crippen molar-refractivity contribution in [1.82, 2.24) is 0 Å². The maximum absolute atomic E-state index is 9.13. The molecule has 0 rings (SSSR count). The summed E-state index contributed by atoms with van der Waals surface area (Å²) in [6.45, 7) is 5.35. The van der Waals surface area contributed by atoms with Gasteiger partial charge in [0.2, 0.25) is 0 Å². The fourth-order valence-electron chi connectivity index (χ4n) is 0.416. The number of aliphatic hydroxyl groups is 1. The van der Waals surface area contributed by atoms with Crippen LogP contribution in [-0.2, 0) is 0 Å². The van der Waals surface area contributed by atoms with Crippen molar-refractivity contribution in [3.05, 3.63) is 0 Å². The molecule has 0 aliphatic rings. The van der Waals surface area contributed by atoms with Crippen LogP contribution in [-0.4, -0.2) is 10.7 Å². The molecule has 0 aliphatic heterocycles. The monoisotopic (exact) mass is 150 g/mol. The molecule has 0 radical (unpaired) electrons. The SMILES string of the molecule is CCCC#CC#CC(C)(C)O. The summed E-state index contributed by atoms with van der Waals surface area (Å²) in [7, 11) is 0. The summed E-state index contributed by atoms with van der Waals surface area (Å²) >= 11 is 0. The van der Waals surface area contributed by atoms with Crippen molar-refractivity contribution in [1.29, 1.82) is 0 Å². The van der Waals surface area contributed by atoms with Crippen LogP contribution in [0.4, 0.5) is 0 Å². The normalized spacial score (nSPS) is 9.09. The van der Waals surface area contributed by atoms with Crippen LogP contribution in [0.3, 0.4) is 0 Å². The third-order valence-electron chi connectivity index (χ3n) is 0.894. The molecule has 1 heteroatoms. The Morgan fingerprint density at radius 1 is 1.27 bits per heavy atom. The van der Waals surface area contributed by atoms with Crippen molar-refractivity contribution in [3.63, 3.8) is 0 Å². The van der Waals surface area contributed by atoms with Crippen molar-refractivity contribution in [2.45, 2.75) is 39.2 Å². The molecule has 0 heterocycles. The molecule has 11 heavy (non-hydrogen) atoms. The minimum atomic E-state index is -0.916. The van der Waals surface area contributed by atoms with Gasteiger partial charge in [0.05, 0.1) is 0 Å². The van der Waals surface area contributed by atoms with E-state index in [0.29, 0.717) is 0 Å². The number of hydrogen-bond donors (Lipinski definition) is 1. The summed E-state index contributed by atoms with van der Waals surface area (Å²) < 4.78 is 0. The number of hydrogen-bond acceptors (Lipinski definition) is 1. The minimum Gasteiger partial charge on any atom is -0.378 e. The highest BCUT2D eigenvalue weighted by molar-refractivity contribution is 5.28. The van der Waals surface area contributed by atoms with Crippen LogP contribution in [0.1, 0.15) is 33.6 Å². The van der Waals surface area contributed by atoms with Crippen LogP contribution < -0.4 is 0 Å². The lowest BCUT2D eigenvalue weighted by Crippen LogP contribution is -2.14. The largest absolute Gasteiger partial charge is 0.378 e. The molecular formula is C10H14O. The molecule has 0 saturated carbocycles. The Labute approximate surface area is 68.8 Å². The molecule has 0 aromatic heterocycles. The molecule has 0 amide bonds. The highest BCUT2D eigenvalue weighted by Crippen LogP contribution is 1.95. The van der Waals surface area contributed by atoms with Crippen LogP contribution in [0.15, 0.2) is 0 Å². The third kappa shape index (κ3) is 9.08. The van der Waals surface area contributed by atoms with E-state index in [9.17, 15) is 0 Å². The van der Waals surface area contributed by atoms with Crippen molar-refractivity contribution in [3.8, 4) is 23.7 Å². The highest BCUT2D eigenvalue weighted by atomic mass is 16.3. The Bertz CT molecular complexity index is 211. The van der Waals surface area contributed by atoms with Gasteiger partial charge in [-0.1, -0.05) is 18.8 Å². The zero-order valence-corrected chi connectivity index (χ0v) is 7.36. The topological polar surface area (TPSA) is 20.2 Å². The summed E-state index contributed by atoms with van der Waals surface area (Å²) in [5, 5.41) is 9.13. The average molecular weight is 150 g/mol. The van der Waals surface area contributed by atoms with Gasteiger partial charge in [-0.25, -0.2) is 0 Å². The van der Waals surface area contributed by atoms with E-state index in [2.05, 4.69) is 30.6 Å². The summed E-state index contributed by atoms with van der Waals surface area (Å²) in [5.41, 5.74) is -0.916. The first-order valence-corrected chi connectivity index (χ1v) is 3.78. The maximum Gasteiger partial charge on any atom is 0.120 e. The van der Waals surface area contributed by atoms with Crippen LogP contribution in [0.25, 0.3) is 0 Å². The molecule has 60 valence electrons. The molecule has 0 aromatic carbocycles. The standard InChI is InChI=1S/C10H14O/c1-4-5-6-7-8-9-10(2,3)11/h11H,4-5H2,1-3H3. The Hall–Kier alpha value is -0.920.